The molecule has 0 aliphatic heterocycles. The number of pyridine rings is 1. The quantitative estimate of drug-likeness (QED) is 0.823. The van der Waals surface area contributed by atoms with Crippen molar-refractivity contribution in [2.24, 2.45) is 0 Å². The van der Waals surface area contributed by atoms with Crippen molar-refractivity contribution in [2.45, 2.75) is 13.5 Å². The van der Waals surface area contributed by atoms with Gasteiger partial charge >= 0.3 is 0 Å². The van der Waals surface area contributed by atoms with Crippen molar-refractivity contribution in [3.63, 3.8) is 0 Å². The molecule has 15 heavy (non-hydrogen) atoms. The fourth-order valence-corrected chi connectivity index (χ4v) is 1.44. The smallest absolute Gasteiger partial charge is 0.0832 e. The van der Waals surface area contributed by atoms with Crippen molar-refractivity contribution in [2.75, 3.05) is 12.4 Å². The number of hydrogen-bond donors (Lipinski definition) is 1. The molecule has 0 unspecified atom stereocenters. The predicted molar refractivity (Wildman–Crippen MR) is 59.8 cm³/mol. The van der Waals surface area contributed by atoms with Gasteiger partial charge in [0.2, 0.25) is 0 Å². The van der Waals surface area contributed by atoms with Crippen LogP contribution in [0.1, 0.15) is 11.4 Å². The third-order valence-electron chi connectivity index (χ3n) is 2.20. The average Bonchev–Trinajstić information content (AvgIpc) is 2.64. The van der Waals surface area contributed by atoms with Crippen LogP contribution in [0.15, 0.2) is 30.6 Å². The Labute approximate surface area is 89.0 Å². The molecule has 4 nitrogen and oxygen atoms in total. The molecule has 0 saturated heterocycles. The maximum Gasteiger partial charge on any atom is 0.0832 e. The van der Waals surface area contributed by atoms with Crippen LogP contribution < -0.4 is 5.32 Å². The van der Waals surface area contributed by atoms with Gasteiger partial charge in [-0.25, -0.2) is 0 Å². The summed E-state index contributed by atoms with van der Waals surface area (Å²) in [5.74, 6) is 0. The zero-order chi connectivity index (χ0) is 10.7. The molecule has 78 valence electrons. The van der Waals surface area contributed by atoms with Gasteiger partial charge in [-0.2, -0.15) is 5.10 Å². The van der Waals surface area contributed by atoms with Crippen molar-refractivity contribution in [3.05, 3.63) is 42.0 Å². The van der Waals surface area contributed by atoms with Crippen LogP contribution >= 0.6 is 0 Å². The van der Waals surface area contributed by atoms with Crippen molar-refractivity contribution < 1.29 is 0 Å². The molecule has 0 radical (unpaired) electrons. The van der Waals surface area contributed by atoms with Crippen LogP contribution in [-0.4, -0.2) is 21.8 Å². The van der Waals surface area contributed by atoms with Crippen LogP contribution in [0.5, 0.6) is 0 Å². The summed E-state index contributed by atoms with van der Waals surface area (Å²) in [6.45, 7) is 2.69. The van der Waals surface area contributed by atoms with Gasteiger partial charge in [-0.05, 0) is 25.1 Å². The topological polar surface area (TPSA) is 42.7 Å². The van der Waals surface area contributed by atoms with Gasteiger partial charge in [0.1, 0.15) is 0 Å². The van der Waals surface area contributed by atoms with Gasteiger partial charge in [0.15, 0.2) is 0 Å². The van der Waals surface area contributed by atoms with Gasteiger partial charge in [-0.1, -0.05) is 0 Å². The highest BCUT2D eigenvalue weighted by Crippen LogP contribution is 2.08. The SMILES string of the molecule is CNc1ccnc(Cn2ccc(C)n2)c1. The van der Waals surface area contributed by atoms with E-state index in [0.29, 0.717) is 6.54 Å². The highest BCUT2D eigenvalue weighted by molar-refractivity contribution is 5.42. The summed E-state index contributed by atoms with van der Waals surface area (Å²) in [6, 6.07) is 5.96. The number of aryl methyl sites for hydroxylation is 1. The minimum Gasteiger partial charge on any atom is -0.388 e. The first kappa shape index (κ1) is 9.71. The predicted octanol–water partition coefficient (Wildman–Crippen LogP) is 1.68. The first-order chi connectivity index (χ1) is 7.28. The Morgan fingerprint density at radius 2 is 2.27 bits per heavy atom. The van der Waals surface area contributed by atoms with E-state index in [4.69, 9.17) is 0 Å². The Kier molecular flexibility index (Phi) is 2.67. The average molecular weight is 202 g/mol. The lowest BCUT2D eigenvalue weighted by molar-refractivity contribution is 0.666. The summed E-state index contributed by atoms with van der Waals surface area (Å²) in [5, 5.41) is 7.41. The Hall–Kier alpha value is -1.84. The Bertz CT molecular complexity index is 447. The minimum absolute atomic E-state index is 0.712. The van der Waals surface area contributed by atoms with Gasteiger partial charge in [0, 0.05) is 25.1 Å². The summed E-state index contributed by atoms with van der Waals surface area (Å²) in [4.78, 5) is 4.29. The Morgan fingerprint density at radius 3 is 2.93 bits per heavy atom. The van der Waals surface area contributed by atoms with Crippen LogP contribution in [0.2, 0.25) is 0 Å². The lowest BCUT2D eigenvalue weighted by Crippen LogP contribution is -2.03. The fourth-order valence-electron chi connectivity index (χ4n) is 1.44. The van der Waals surface area contributed by atoms with Crippen molar-refractivity contribution in [1.29, 1.82) is 0 Å². The fraction of sp³-hybridized carbons (Fsp3) is 0.273. The summed E-state index contributed by atoms with van der Waals surface area (Å²) in [6.07, 6.45) is 3.76. The van der Waals surface area contributed by atoms with Gasteiger partial charge in [-0.3, -0.25) is 9.67 Å². The van der Waals surface area contributed by atoms with Crippen molar-refractivity contribution in [3.8, 4) is 0 Å². The molecule has 0 aliphatic carbocycles. The van der Waals surface area contributed by atoms with Crippen molar-refractivity contribution >= 4 is 5.69 Å². The van der Waals surface area contributed by atoms with Crippen LogP contribution in [0.25, 0.3) is 0 Å². The molecule has 0 saturated carbocycles. The molecule has 2 rings (SSSR count). The van der Waals surface area contributed by atoms with E-state index in [-0.39, 0.29) is 0 Å². The lowest BCUT2D eigenvalue weighted by Gasteiger charge is -2.03. The molecule has 0 bridgehead atoms. The Morgan fingerprint density at radius 1 is 1.40 bits per heavy atom. The number of nitrogens with one attached hydrogen (secondary N) is 1. The maximum absolute atomic E-state index is 4.32. The van der Waals surface area contributed by atoms with Gasteiger partial charge in [0.05, 0.1) is 17.9 Å². The second-order valence-electron chi connectivity index (χ2n) is 3.44. The monoisotopic (exact) mass is 202 g/mol. The number of aromatic nitrogens is 3. The van der Waals surface area contributed by atoms with Crippen molar-refractivity contribution in [1.82, 2.24) is 14.8 Å². The van der Waals surface area contributed by atoms with Gasteiger partial charge < -0.3 is 5.32 Å². The van der Waals surface area contributed by atoms with Gasteiger partial charge in [-0.15, -0.1) is 0 Å². The highest BCUT2D eigenvalue weighted by atomic mass is 15.3. The molecule has 2 aromatic heterocycles. The summed E-state index contributed by atoms with van der Waals surface area (Å²) in [7, 11) is 1.90. The van der Waals surface area contributed by atoms with Crippen LogP contribution in [-0.2, 0) is 6.54 Å². The summed E-state index contributed by atoms with van der Waals surface area (Å²) in [5.41, 5.74) is 3.11. The van der Waals surface area contributed by atoms with Crippen LogP contribution in [0.3, 0.4) is 0 Å². The molecule has 4 heteroatoms. The largest absolute Gasteiger partial charge is 0.388 e. The van der Waals surface area contributed by atoms with E-state index in [1.165, 1.54) is 0 Å². The number of nitrogens with zero attached hydrogens (tertiary/aromatic N) is 3. The molecule has 0 atom stereocenters. The molecule has 0 amide bonds. The van der Waals surface area contributed by atoms with E-state index in [1.807, 2.05) is 43.0 Å². The standard InChI is InChI=1S/C11H14N4/c1-9-4-6-15(14-9)8-11-7-10(12-2)3-5-13-11/h3-7H,8H2,1-2H3,(H,12,13). The van der Waals surface area contributed by atoms with E-state index < -0.39 is 0 Å². The molecule has 0 aliphatic rings. The normalized spacial score (nSPS) is 10.3. The van der Waals surface area contributed by atoms with Crippen LogP contribution in [0.4, 0.5) is 5.69 Å². The molecule has 2 aromatic rings. The second-order valence-corrected chi connectivity index (χ2v) is 3.44. The third kappa shape index (κ3) is 2.34. The van der Waals surface area contributed by atoms with E-state index in [9.17, 15) is 0 Å². The molecule has 0 spiro atoms. The minimum atomic E-state index is 0.712. The van der Waals surface area contributed by atoms with E-state index in [2.05, 4.69) is 15.4 Å². The molecule has 0 fully saturated rings. The number of rotatable bonds is 3. The maximum atomic E-state index is 4.32. The van der Waals surface area contributed by atoms with Crippen LogP contribution in [0, 0.1) is 6.92 Å². The molecular formula is C11H14N4. The molecule has 0 aromatic carbocycles. The molecule has 2 heterocycles. The summed E-state index contributed by atoms with van der Waals surface area (Å²) < 4.78 is 1.89. The van der Waals surface area contributed by atoms with Gasteiger partial charge in [0.25, 0.3) is 0 Å². The third-order valence-corrected chi connectivity index (χ3v) is 2.20. The first-order valence-corrected chi connectivity index (χ1v) is 4.90. The van der Waals surface area contributed by atoms with E-state index >= 15 is 0 Å². The molecule has 1 N–H and O–H groups in total. The zero-order valence-electron chi connectivity index (χ0n) is 8.94. The molecular weight excluding hydrogens is 188 g/mol. The first-order valence-electron chi connectivity index (χ1n) is 4.90. The summed E-state index contributed by atoms with van der Waals surface area (Å²) >= 11 is 0. The number of anilines is 1. The second kappa shape index (κ2) is 4.13. The zero-order valence-corrected chi connectivity index (χ0v) is 8.94. The highest BCUT2D eigenvalue weighted by Gasteiger charge is 1.98. The lowest BCUT2D eigenvalue weighted by atomic mass is 10.3. The Balaban J connectivity index is 2.16. The van der Waals surface area contributed by atoms with E-state index in [1.54, 1.807) is 6.20 Å². The number of hydrogen-bond acceptors (Lipinski definition) is 3. The van der Waals surface area contributed by atoms with E-state index in [0.717, 1.165) is 17.1 Å².